The van der Waals surface area contributed by atoms with Gasteiger partial charge in [0.05, 0.1) is 29.5 Å². The van der Waals surface area contributed by atoms with Crippen molar-refractivity contribution in [1.82, 2.24) is 10.6 Å². The Bertz CT molecular complexity index is 1400. The molecular weight excluding hydrogens is 510 g/mol. The second kappa shape index (κ2) is 12.3. The number of fused-ring (bicyclic) bond motifs is 1. The van der Waals surface area contributed by atoms with Crippen LogP contribution in [0.2, 0.25) is 0 Å². The van der Waals surface area contributed by atoms with E-state index in [-0.39, 0.29) is 29.8 Å². The summed E-state index contributed by atoms with van der Waals surface area (Å²) in [6.07, 6.45) is -0.231. The molecule has 6 nitrogen and oxygen atoms in total. The second-order valence-electron chi connectivity index (χ2n) is 9.07. The highest BCUT2D eigenvalue weighted by molar-refractivity contribution is 7.17. The molecule has 1 aromatic heterocycles. The zero-order chi connectivity index (χ0) is 27.2. The third-order valence-corrected chi connectivity index (χ3v) is 7.31. The van der Waals surface area contributed by atoms with Crippen LogP contribution in [0, 0.1) is 11.6 Å². The van der Waals surface area contributed by atoms with Gasteiger partial charge in [0.15, 0.2) is 0 Å². The van der Waals surface area contributed by atoms with Crippen LogP contribution < -0.4 is 15.4 Å². The highest BCUT2D eigenvalue weighted by Gasteiger charge is 2.26. The van der Waals surface area contributed by atoms with Crippen molar-refractivity contribution in [2.24, 2.45) is 0 Å². The molecular formula is C29H30F2N2O4S. The quantitative estimate of drug-likeness (QED) is 0.216. The van der Waals surface area contributed by atoms with Crippen LogP contribution in [0.5, 0.6) is 11.5 Å². The Kier molecular flexibility index (Phi) is 8.93. The van der Waals surface area contributed by atoms with Gasteiger partial charge in [-0.25, -0.2) is 8.78 Å². The van der Waals surface area contributed by atoms with Crippen molar-refractivity contribution in [2.45, 2.75) is 38.5 Å². The molecule has 0 aliphatic carbocycles. The van der Waals surface area contributed by atoms with Crippen LogP contribution in [0.15, 0.2) is 60.0 Å². The van der Waals surface area contributed by atoms with Gasteiger partial charge in [0.2, 0.25) is 0 Å². The maximum atomic E-state index is 13.9. The van der Waals surface area contributed by atoms with Crippen molar-refractivity contribution in [3.8, 4) is 11.5 Å². The molecule has 0 saturated heterocycles. The molecule has 4 rings (SSSR count). The van der Waals surface area contributed by atoms with Gasteiger partial charge in [-0.05, 0) is 59.2 Å². The fourth-order valence-corrected chi connectivity index (χ4v) is 5.29. The molecule has 1 amide bonds. The molecule has 0 fully saturated rings. The lowest BCUT2D eigenvalue weighted by molar-refractivity contribution is 0.0827. The Morgan fingerprint density at radius 2 is 1.79 bits per heavy atom. The topological polar surface area (TPSA) is 90.8 Å². The number of amides is 1. The number of phenols is 1. The molecule has 0 saturated carbocycles. The zero-order valence-electron chi connectivity index (χ0n) is 21.1. The largest absolute Gasteiger partial charge is 0.506 e. The minimum atomic E-state index is -1.10. The number of rotatable bonds is 11. The normalized spacial score (nSPS) is 12.9. The average molecular weight is 541 g/mol. The Labute approximate surface area is 223 Å². The van der Waals surface area contributed by atoms with Crippen LogP contribution in [0.3, 0.4) is 0 Å². The summed E-state index contributed by atoms with van der Waals surface area (Å²) in [5.74, 6) is -1.93. The first kappa shape index (κ1) is 27.5. The average Bonchev–Trinajstić information content (AvgIpc) is 3.39. The predicted molar refractivity (Wildman–Crippen MR) is 145 cm³/mol. The van der Waals surface area contributed by atoms with Gasteiger partial charge in [-0.2, -0.15) is 0 Å². The molecule has 0 spiro atoms. The summed E-state index contributed by atoms with van der Waals surface area (Å²) in [6.45, 7) is 2.67. The number of benzene rings is 3. The van der Waals surface area contributed by atoms with E-state index >= 15 is 0 Å². The monoisotopic (exact) mass is 540 g/mol. The van der Waals surface area contributed by atoms with E-state index < -0.39 is 29.7 Å². The van der Waals surface area contributed by atoms with Crippen molar-refractivity contribution in [3.63, 3.8) is 0 Å². The number of phenolic OH excluding ortho intramolecular Hbond substituents is 1. The molecule has 0 radical (unpaired) electrons. The molecule has 2 unspecified atom stereocenters. The summed E-state index contributed by atoms with van der Waals surface area (Å²) in [5, 5.41) is 30.0. The number of hydrogen-bond acceptors (Lipinski definition) is 6. The lowest BCUT2D eigenvalue weighted by Gasteiger charge is -2.25. The molecule has 3 aromatic carbocycles. The summed E-state index contributed by atoms with van der Waals surface area (Å²) >= 11 is 1.37. The van der Waals surface area contributed by atoms with E-state index in [1.165, 1.54) is 30.1 Å². The molecule has 4 aromatic rings. The number of carbonyl (C=O) groups excluding carboxylic acids is 1. The predicted octanol–water partition coefficient (Wildman–Crippen LogP) is 4.95. The van der Waals surface area contributed by atoms with E-state index in [4.69, 9.17) is 4.74 Å². The van der Waals surface area contributed by atoms with E-state index in [0.717, 1.165) is 30.2 Å². The van der Waals surface area contributed by atoms with E-state index in [1.807, 2.05) is 18.2 Å². The van der Waals surface area contributed by atoms with Crippen LogP contribution >= 0.6 is 11.3 Å². The Hall–Kier alpha value is -3.53. The number of aromatic hydroxyl groups is 1. The van der Waals surface area contributed by atoms with Crippen molar-refractivity contribution in [1.29, 1.82) is 0 Å². The number of thiophene rings is 1. The molecule has 2 atom stereocenters. The smallest absolute Gasteiger partial charge is 0.255 e. The molecule has 4 N–H and O–H groups in total. The summed E-state index contributed by atoms with van der Waals surface area (Å²) in [5.41, 5.74) is 2.49. The second-order valence-corrected chi connectivity index (χ2v) is 9.99. The third kappa shape index (κ3) is 6.48. The van der Waals surface area contributed by atoms with Gasteiger partial charge in [-0.1, -0.05) is 31.2 Å². The van der Waals surface area contributed by atoms with Crippen LogP contribution in [-0.4, -0.2) is 41.9 Å². The number of aryl methyl sites for hydroxylation is 1. The van der Waals surface area contributed by atoms with E-state index in [9.17, 15) is 23.8 Å². The summed E-state index contributed by atoms with van der Waals surface area (Å²) < 4.78 is 33.8. The molecule has 0 aliphatic rings. The van der Waals surface area contributed by atoms with Crippen LogP contribution in [0.4, 0.5) is 8.78 Å². The third-order valence-electron chi connectivity index (χ3n) is 6.38. The van der Waals surface area contributed by atoms with Crippen LogP contribution in [0.25, 0.3) is 10.1 Å². The van der Waals surface area contributed by atoms with Gasteiger partial charge >= 0.3 is 0 Å². The number of nitrogens with one attached hydrogen (secondary N) is 2. The first-order valence-corrected chi connectivity index (χ1v) is 13.2. The fraction of sp³-hybridized carbons (Fsp3) is 0.276. The maximum absolute atomic E-state index is 13.9. The van der Waals surface area contributed by atoms with Crippen molar-refractivity contribution < 1.29 is 28.5 Å². The van der Waals surface area contributed by atoms with E-state index in [1.54, 1.807) is 11.4 Å². The Morgan fingerprint density at radius 3 is 2.50 bits per heavy atom. The summed E-state index contributed by atoms with van der Waals surface area (Å²) in [4.78, 5) is 13.3. The molecule has 200 valence electrons. The van der Waals surface area contributed by atoms with E-state index in [0.29, 0.717) is 22.4 Å². The molecule has 9 heteroatoms. The minimum absolute atomic E-state index is 0.0280. The number of methoxy groups -OCH3 is 1. The van der Waals surface area contributed by atoms with Crippen molar-refractivity contribution >= 4 is 27.3 Å². The van der Waals surface area contributed by atoms with E-state index in [2.05, 4.69) is 23.6 Å². The highest BCUT2D eigenvalue weighted by atomic mass is 32.1. The summed E-state index contributed by atoms with van der Waals surface area (Å²) in [6, 6.07) is 13.4. The van der Waals surface area contributed by atoms with Gasteiger partial charge in [0, 0.05) is 24.5 Å². The number of aliphatic hydroxyl groups excluding tert-OH is 1. The molecule has 0 aliphatic heterocycles. The van der Waals surface area contributed by atoms with Crippen LogP contribution in [0.1, 0.15) is 34.0 Å². The number of ether oxygens (including phenoxy) is 1. The Balaban J connectivity index is 1.54. The lowest BCUT2D eigenvalue weighted by Crippen LogP contribution is -2.48. The number of halogens is 2. The first-order chi connectivity index (χ1) is 18.3. The van der Waals surface area contributed by atoms with Gasteiger partial charge in [-0.15, -0.1) is 11.3 Å². The van der Waals surface area contributed by atoms with Gasteiger partial charge in [0.25, 0.3) is 5.91 Å². The highest BCUT2D eigenvalue weighted by Crippen LogP contribution is 2.39. The maximum Gasteiger partial charge on any atom is 0.255 e. The molecule has 38 heavy (non-hydrogen) atoms. The van der Waals surface area contributed by atoms with Gasteiger partial charge in [0.1, 0.15) is 23.1 Å². The molecule has 0 bridgehead atoms. The number of carbonyl (C=O) groups is 1. The Morgan fingerprint density at radius 1 is 1.05 bits per heavy atom. The van der Waals surface area contributed by atoms with Gasteiger partial charge in [-0.3, -0.25) is 4.79 Å². The SMILES string of the molecule is CCc1cccc(CNCC(O)C(Cc2cc(F)cc(F)c2)NC(=O)c2cc(OC)c3sccc3c2O)c1. The lowest BCUT2D eigenvalue weighted by atomic mass is 9.99. The first-order valence-electron chi connectivity index (χ1n) is 12.3. The number of hydrogen-bond donors (Lipinski definition) is 4. The fourth-order valence-electron chi connectivity index (χ4n) is 4.40. The summed E-state index contributed by atoms with van der Waals surface area (Å²) in [7, 11) is 1.47. The van der Waals surface area contributed by atoms with Crippen molar-refractivity contribution in [3.05, 3.63) is 93.9 Å². The zero-order valence-corrected chi connectivity index (χ0v) is 21.9. The molecule has 1 heterocycles. The van der Waals surface area contributed by atoms with Gasteiger partial charge < -0.3 is 25.6 Å². The standard InChI is InChI=1S/C29H30F2N2O4S/c1-3-17-5-4-6-18(9-17)15-32-16-25(34)24(12-19-10-20(30)13-21(31)11-19)33-29(36)23-14-26(37-2)28-22(27(23)35)7-8-38-28/h4-11,13-14,24-25,32,34-35H,3,12,15-16H2,1-2H3,(H,33,36). The van der Waals surface area contributed by atoms with Crippen molar-refractivity contribution in [2.75, 3.05) is 13.7 Å². The minimum Gasteiger partial charge on any atom is -0.506 e. The number of aliphatic hydroxyl groups is 1. The van der Waals surface area contributed by atoms with Crippen LogP contribution in [-0.2, 0) is 19.4 Å².